The molecule has 2 aromatic carbocycles. The molecule has 0 saturated carbocycles. The van der Waals surface area contributed by atoms with Gasteiger partial charge in [-0.3, -0.25) is 14.4 Å². The summed E-state index contributed by atoms with van der Waals surface area (Å²) in [7, 11) is 1.61. The Kier molecular flexibility index (Phi) is 8.22. The van der Waals surface area contributed by atoms with Crippen molar-refractivity contribution in [3.05, 3.63) is 53.6 Å². The van der Waals surface area contributed by atoms with Gasteiger partial charge in [-0.25, -0.2) is 8.42 Å². The van der Waals surface area contributed by atoms with E-state index in [4.69, 9.17) is 9.47 Å². The number of rotatable bonds is 4. The van der Waals surface area contributed by atoms with E-state index in [9.17, 15) is 13.2 Å². The maximum absolute atomic E-state index is 13.4. The van der Waals surface area contributed by atoms with Crippen LogP contribution >= 0.6 is 0 Å². The second-order valence-electron chi connectivity index (χ2n) is 9.17. The second kappa shape index (κ2) is 10.8. The Morgan fingerprint density at radius 2 is 1.74 bits per heavy atom. The van der Waals surface area contributed by atoms with Crippen LogP contribution in [0.2, 0.25) is 0 Å². The van der Waals surface area contributed by atoms with E-state index in [0.29, 0.717) is 30.2 Å². The molecular weight excluding hydrogens is 454 g/mol. The molecule has 1 aliphatic rings. The summed E-state index contributed by atoms with van der Waals surface area (Å²) in [6.07, 6.45) is -0.143. The minimum Gasteiger partial charge on any atom is -0.491 e. The van der Waals surface area contributed by atoms with E-state index in [-0.39, 0.29) is 28.9 Å². The highest BCUT2D eigenvalue weighted by Gasteiger charge is 2.27. The van der Waals surface area contributed by atoms with Gasteiger partial charge in [0.15, 0.2) is 0 Å². The van der Waals surface area contributed by atoms with Crippen molar-refractivity contribution in [2.24, 2.45) is 5.92 Å². The average Bonchev–Trinajstić information content (AvgIpc) is 2.80. The van der Waals surface area contributed by atoms with Crippen molar-refractivity contribution in [3.63, 3.8) is 0 Å². The number of amides is 1. The molecule has 0 bridgehead atoms. The Balaban J connectivity index is 1.95. The first-order valence-corrected chi connectivity index (χ1v) is 12.8. The summed E-state index contributed by atoms with van der Waals surface area (Å²) in [6.45, 7) is 7.66. The van der Waals surface area contributed by atoms with Crippen molar-refractivity contribution in [2.75, 3.05) is 45.6 Å². The van der Waals surface area contributed by atoms with Crippen LogP contribution in [0, 0.1) is 12.8 Å². The number of sulfonamides is 1. The summed E-state index contributed by atoms with van der Waals surface area (Å²) < 4.78 is 40.1. The summed E-state index contributed by atoms with van der Waals surface area (Å²) in [5.41, 5.74) is 1.55. The van der Waals surface area contributed by atoms with Crippen molar-refractivity contribution >= 4 is 21.6 Å². The van der Waals surface area contributed by atoms with Crippen LogP contribution in [0.1, 0.15) is 29.8 Å². The molecule has 0 radical (unpaired) electrons. The number of carbonyl (C=O) groups is 1. The highest BCUT2D eigenvalue weighted by molar-refractivity contribution is 7.92. The average molecular weight is 490 g/mol. The van der Waals surface area contributed by atoms with Crippen LogP contribution in [-0.2, 0) is 14.8 Å². The molecule has 1 aliphatic heterocycles. The molecule has 3 atom stereocenters. The van der Waals surface area contributed by atoms with Crippen molar-refractivity contribution < 1.29 is 22.7 Å². The number of benzene rings is 2. The van der Waals surface area contributed by atoms with E-state index < -0.39 is 10.0 Å². The van der Waals surface area contributed by atoms with Crippen LogP contribution in [0.25, 0.3) is 0 Å². The molecule has 9 heteroatoms. The lowest BCUT2D eigenvalue weighted by Gasteiger charge is -2.34. The van der Waals surface area contributed by atoms with Crippen LogP contribution < -0.4 is 9.46 Å². The zero-order chi connectivity index (χ0) is 25.0. The Morgan fingerprint density at radius 1 is 1.06 bits per heavy atom. The van der Waals surface area contributed by atoms with Gasteiger partial charge in [-0.1, -0.05) is 24.6 Å². The minimum atomic E-state index is -3.81. The third kappa shape index (κ3) is 6.08. The van der Waals surface area contributed by atoms with Gasteiger partial charge in [0.25, 0.3) is 15.9 Å². The van der Waals surface area contributed by atoms with E-state index in [2.05, 4.69) is 23.5 Å². The quantitative estimate of drug-likeness (QED) is 0.710. The minimum absolute atomic E-state index is 0.111. The van der Waals surface area contributed by atoms with Gasteiger partial charge in [-0.2, -0.15) is 0 Å². The number of nitrogens with zero attached hydrogens (tertiary/aromatic N) is 2. The van der Waals surface area contributed by atoms with Crippen LogP contribution in [0.15, 0.2) is 47.4 Å². The maximum Gasteiger partial charge on any atom is 0.261 e. The predicted molar refractivity (Wildman–Crippen MR) is 133 cm³/mol. The van der Waals surface area contributed by atoms with E-state index in [1.54, 1.807) is 55.5 Å². The maximum atomic E-state index is 13.4. The van der Waals surface area contributed by atoms with E-state index in [1.807, 2.05) is 14.0 Å². The predicted octanol–water partition coefficient (Wildman–Crippen LogP) is 3.23. The molecule has 8 nitrogen and oxygen atoms in total. The smallest absolute Gasteiger partial charge is 0.261 e. The number of methoxy groups -OCH3 is 1. The largest absolute Gasteiger partial charge is 0.491 e. The number of hydrogen-bond donors (Lipinski definition) is 1. The molecule has 0 aliphatic carbocycles. The van der Waals surface area contributed by atoms with Gasteiger partial charge in [0.05, 0.1) is 16.6 Å². The van der Waals surface area contributed by atoms with Crippen LogP contribution in [0.5, 0.6) is 5.75 Å². The summed E-state index contributed by atoms with van der Waals surface area (Å²) >= 11 is 0. The topological polar surface area (TPSA) is 88.2 Å². The Bertz CT molecular complexity index is 1100. The molecule has 0 saturated heterocycles. The van der Waals surface area contributed by atoms with Crippen molar-refractivity contribution in [1.29, 1.82) is 0 Å². The fraction of sp³-hybridized carbons (Fsp3) is 0.480. The van der Waals surface area contributed by atoms with Crippen molar-refractivity contribution in [1.82, 2.24) is 9.80 Å². The summed E-state index contributed by atoms with van der Waals surface area (Å²) in [5.74, 6) is 0.347. The van der Waals surface area contributed by atoms with Gasteiger partial charge in [0.2, 0.25) is 0 Å². The summed E-state index contributed by atoms with van der Waals surface area (Å²) in [5, 5.41) is 0. The molecule has 186 valence electrons. The fourth-order valence-electron chi connectivity index (χ4n) is 3.95. The SMILES string of the molecule is CO[C@H]1CN(C)C(=O)c2cc(NS(=O)(=O)c3ccc(C)cc3)ccc2OC[C@H](C)N(C)C[C@@H]1C. The zero-order valence-electron chi connectivity index (χ0n) is 20.7. The lowest BCUT2D eigenvalue weighted by molar-refractivity contribution is 0.0150. The number of carbonyl (C=O) groups excluding carboxylic acids is 1. The molecule has 34 heavy (non-hydrogen) atoms. The second-order valence-corrected chi connectivity index (χ2v) is 10.8. The Morgan fingerprint density at radius 3 is 2.38 bits per heavy atom. The monoisotopic (exact) mass is 489 g/mol. The highest BCUT2D eigenvalue weighted by Crippen LogP contribution is 2.27. The van der Waals surface area contributed by atoms with Crippen LogP contribution in [-0.4, -0.2) is 77.2 Å². The van der Waals surface area contributed by atoms with Crippen molar-refractivity contribution in [2.45, 2.75) is 37.8 Å². The van der Waals surface area contributed by atoms with Gasteiger partial charge in [-0.15, -0.1) is 0 Å². The molecule has 2 aromatic rings. The molecule has 0 unspecified atom stereocenters. The van der Waals surface area contributed by atoms with E-state index in [1.165, 1.54) is 6.07 Å². The highest BCUT2D eigenvalue weighted by atomic mass is 32.2. The van der Waals surface area contributed by atoms with Gasteiger partial charge in [-0.05, 0) is 57.1 Å². The first-order chi connectivity index (χ1) is 16.0. The molecule has 0 aromatic heterocycles. The molecule has 1 N–H and O–H groups in total. The number of fused-ring (bicyclic) bond motifs is 1. The number of ether oxygens (including phenoxy) is 2. The molecule has 1 amide bonds. The summed E-state index contributed by atoms with van der Waals surface area (Å²) in [4.78, 5) is 17.4. The van der Waals surface area contributed by atoms with Gasteiger partial charge >= 0.3 is 0 Å². The number of aryl methyl sites for hydroxylation is 1. The Labute approximate surface area is 202 Å². The first kappa shape index (κ1) is 26.0. The Hall–Kier alpha value is -2.62. The lowest BCUT2D eigenvalue weighted by Crippen LogP contribution is -2.45. The lowest BCUT2D eigenvalue weighted by atomic mass is 10.0. The molecule has 1 heterocycles. The molecule has 0 fully saturated rings. The first-order valence-electron chi connectivity index (χ1n) is 11.4. The molecular formula is C25H35N3O5S. The van der Waals surface area contributed by atoms with E-state index in [0.717, 1.165) is 12.1 Å². The molecule has 3 rings (SSSR count). The van der Waals surface area contributed by atoms with Crippen molar-refractivity contribution in [3.8, 4) is 5.75 Å². The van der Waals surface area contributed by atoms with E-state index >= 15 is 0 Å². The standard InChI is InChI=1S/C25H35N3O5S/c1-17-7-10-21(11-8-17)34(30,31)26-20-9-12-23-22(13-20)25(29)28(5)15-24(32-6)18(2)14-27(4)19(3)16-33-23/h7-13,18-19,24,26H,14-16H2,1-6H3/t18-,19-,24-/m0/s1. The number of nitrogens with one attached hydrogen (secondary N) is 1. The van der Waals surface area contributed by atoms with Crippen LogP contribution in [0.4, 0.5) is 5.69 Å². The third-order valence-corrected chi connectivity index (χ3v) is 7.74. The molecule has 0 spiro atoms. The number of likely N-dealkylation sites (N-methyl/N-ethyl adjacent to an activating group) is 2. The van der Waals surface area contributed by atoms with Crippen LogP contribution in [0.3, 0.4) is 0 Å². The van der Waals surface area contributed by atoms with Gasteiger partial charge in [0, 0.05) is 39.0 Å². The number of hydrogen-bond acceptors (Lipinski definition) is 6. The zero-order valence-corrected chi connectivity index (χ0v) is 21.6. The normalized spacial score (nSPS) is 22.8. The summed E-state index contributed by atoms with van der Waals surface area (Å²) in [6, 6.07) is 11.5. The van der Waals surface area contributed by atoms with Gasteiger partial charge < -0.3 is 14.4 Å². The fourth-order valence-corrected chi connectivity index (χ4v) is 5.00. The van der Waals surface area contributed by atoms with Gasteiger partial charge in [0.1, 0.15) is 12.4 Å². The number of anilines is 1. The third-order valence-electron chi connectivity index (χ3n) is 6.34.